The molecule has 2 amide bonds. The maximum absolute atomic E-state index is 12.8. The summed E-state index contributed by atoms with van der Waals surface area (Å²) >= 11 is 6.77. The standard InChI is InChI=1S/C28H30ClN5O3/c1-17(2)8-13-23(35)32-28(14-15-28)27(36)30-16-19-9-11-20(12-10-19)34-22-7-5-4-6-21(22)24(29)25(34)26-31-18(3)37-33-26/h4-7,9-12,17H,8,13-16H2,1-3H3,(H,30,36)(H,32,35). The number of fused-ring (bicyclic) bond motifs is 1. The minimum absolute atomic E-state index is 0.0593. The summed E-state index contributed by atoms with van der Waals surface area (Å²) in [7, 11) is 0. The van der Waals surface area contributed by atoms with Gasteiger partial charge in [-0.15, -0.1) is 0 Å². The van der Waals surface area contributed by atoms with Crippen LogP contribution in [0.2, 0.25) is 5.02 Å². The molecule has 1 saturated carbocycles. The molecule has 9 heteroatoms. The van der Waals surface area contributed by atoms with E-state index in [9.17, 15) is 9.59 Å². The SMILES string of the molecule is Cc1nc(-c2c(Cl)c3ccccc3n2-c2ccc(CNC(=O)C3(NC(=O)CCC(C)C)CC3)cc2)no1. The molecule has 1 aliphatic carbocycles. The summed E-state index contributed by atoms with van der Waals surface area (Å²) in [6, 6.07) is 15.7. The third kappa shape index (κ3) is 5.11. The first-order valence-corrected chi connectivity index (χ1v) is 12.9. The van der Waals surface area contributed by atoms with E-state index in [0.717, 1.165) is 28.6 Å². The predicted octanol–water partition coefficient (Wildman–Crippen LogP) is 5.34. The summed E-state index contributed by atoms with van der Waals surface area (Å²) in [6.45, 7) is 6.27. The number of amides is 2. The largest absolute Gasteiger partial charge is 0.350 e. The third-order valence-electron chi connectivity index (χ3n) is 6.71. The monoisotopic (exact) mass is 519 g/mol. The van der Waals surface area contributed by atoms with Crippen LogP contribution in [0.1, 0.15) is 51.0 Å². The fraction of sp³-hybridized carbons (Fsp3) is 0.357. The van der Waals surface area contributed by atoms with Crippen molar-refractivity contribution >= 4 is 34.3 Å². The van der Waals surface area contributed by atoms with Crippen LogP contribution in [0.5, 0.6) is 0 Å². The second-order valence-corrected chi connectivity index (χ2v) is 10.4. The molecule has 192 valence electrons. The molecule has 0 spiro atoms. The zero-order valence-corrected chi connectivity index (χ0v) is 21.9. The molecule has 0 bridgehead atoms. The average Bonchev–Trinajstić information content (AvgIpc) is 3.45. The van der Waals surface area contributed by atoms with E-state index in [1.165, 1.54) is 0 Å². The summed E-state index contributed by atoms with van der Waals surface area (Å²) in [5.41, 5.74) is 2.65. The second kappa shape index (κ2) is 10.0. The van der Waals surface area contributed by atoms with E-state index in [0.29, 0.717) is 54.2 Å². The highest BCUT2D eigenvalue weighted by Gasteiger charge is 2.50. The fourth-order valence-corrected chi connectivity index (χ4v) is 4.79. The number of nitrogens with one attached hydrogen (secondary N) is 2. The quantitative estimate of drug-likeness (QED) is 0.310. The van der Waals surface area contributed by atoms with Gasteiger partial charge in [0.25, 0.3) is 0 Å². The summed E-state index contributed by atoms with van der Waals surface area (Å²) in [5, 5.41) is 11.5. The van der Waals surface area contributed by atoms with Crippen LogP contribution in [-0.2, 0) is 16.1 Å². The Morgan fingerprint density at radius 2 is 1.86 bits per heavy atom. The molecule has 5 rings (SSSR count). The molecule has 0 atom stereocenters. The van der Waals surface area contributed by atoms with Gasteiger partial charge in [-0.25, -0.2) is 0 Å². The number of carbonyl (C=O) groups is 2. The van der Waals surface area contributed by atoms with Crippen LogP contribution in [0.3, 0.4) is 0 Å². The van der Waals surface area contributed by atoms with Gasteiger partial charge < -0.3 is 19.7 Å². The molecule has 0 unspecified atom stereocenters. The number of carbonyl (C=O) groups excluding carboxylic acids is 2. The lowest BCUT2D eigenvalue weighted by molar-refractivity contribution is -0.130. The van der Waals surface area contributed by atoms with E-state index >= 15 is 0 Å². The number of halogens is 1. The van der Waals surface area contributed by atoms with Crippen LogP contribution in [0.4, 0.5) is 0 Å². The second-order valence-electron chi connectivity index (χ2n) is 10.1. The molecular weight excluding hydrogens is 490 g/mol. The van der Waals surface area contributed by atoms with Crippen LogP contribution in [-0.4, -0.2) is 32.1 Å². The summed E-state index contributed by atoms with van der Waals surface area (Å²) in [4.78, 5) is 29.5. The van der Waals surface area contributed by atoms with Gasteiger partial charge in [0.15, 0.2) is 0 Å². The highest BCUT2D eigenvalue weighted by Crippen LogP contribution is 2.39. The molecule has 2 aromatic heterocycles. The van der Waals surface area contributed by atoms with Crippen molar-refractivity contribution in [1.29, 1.82) is 0 Å². The lowest BCUT2D eigenvalue weighted by Gasteiger charge is -2.18. The van der Waals surface area contributed by atoms with Crippen molar-refractivity contribution in [1.82, 2.24) is 25.3 Å². The topological polar surface area (TPSA) is 102 Å². The Morgan fingerprint density at radius 3 is 2.51 bits per heavy atom. The van der Waals surface area contributed by atoms with Crippen LogP contribution in [0.15, 0.2) is 53.1 Å². The van der Waals surface area contributed by atoms with Crippen molar-refractivity contribution in [3.05, 3.63) is 65.0 Å². The first kappa shape index (κ1) is 25.0. The maximum atomic E-state index is 12.8. The van der Waals surface area contributed by atoms with E-state index < -0.39 is 5.54 Å². The highest BCUT2D eigenvalue weighted by atomic mass is 35.5. The van der Waals surface area contributed by atoms with Crippen molar-refractivity contribution in [2.24, 2.45) is 5.92 Å². The molecule has 1 fully saturated rings. The lowest BCUT2D eigenvalue weighted by Crippen LogP contribution is -2.48. The Labute approximate surface area is 220 Å². The van der Waals surface area contributed by atoms with E-state index in [1.807, 2.05) is 53.1 Å². The third-order valence-corrected chi connectivity index (χ3v) is 7.09. The van der Waals surface area contributed by atoms with E-state index in [-0.39, 0.29) is 11.8 Å². The van der Waals surface area contributed by atoms with Gasteiger partial charge in [0.05, 0.1) is 10.5 Å². The molecule has 2 N–H and O–H groups in total. The van der Waals surface area contributed by atoms with Crippen molar-refractivity contribution in [3.63, 3.8) is 0 Å². The van der Waals surface area contributed by atoms with E-state index in [2.05, 4.69) is 34.6 Å². The molecule has 0 aliphatic heterocycles. The van der Waals surface area contributed by atoms with Gasteiger partial charge >= 0.3 is 0 Å². The molecule has 8 nitrogen and oxygen atoms in total. The van der Waals surface area contributed by atoms with Crippen LogP contribution in [0.25, 0.3) is 28.1 Å². The number of hydrogen-bond acceptors (Lipinski definition) is 5. The van der Waals surface area contributed by atoms with Gasteiger partial charge in [-0.2, -0.15) is 4.98 Å². The van der Waals surface area contributed by atoms with Crippen LogP contribution < -0.4 is 10.6 Å². The smallest absolute Gasteiger partial charge is 0.246 e. The van der Waals surface area contributed by atoms with E-state index in [1.54, 1.807) is 6.92 Å². The average molecular weight is 520 g/mol. The summed E-state index contributed by atoms with van der Waals surface area (Å²) < 4.78 is 7.23. The van der Waals surface area contributed by atoms with Crippen molar-refractivity contribution in [3.8, 4) is 17.2 Å². The van der Waals surface area contributed by atoms with Crippen LogP contribution in [0, 0.1) is 12.8 Å². The van der Waals surface area contributed by atoms with Crippen molar-refractivity contribution in [2.45, 2.75) is 58.5 Å². The molecule has 37 heavy (non-hydrogen) atoms. The molecule has 2 aromatic carbocycles. The Balaban J connectivity index is 1.32. The Bertz CT molecular complexity index is 1450. The molecule has 2 heterocycles. The lowest BCUT2D eigenvalue weighted by atomic mass is 10.1. The predicted molar refractivity (Wildman–Crippen MR) is 142 cm³/mol. The highest BCUT2D eigenvalue weighted by molar-refractivity contribution is 6.38. The molecule has 0 saturated heterocycles. The first-order valence-electron chi connectivity index (χ1n) is 12.6. The zero-order valence-electron chi connectivity index (χ0n) is 21.2. The van der Waals surface area contributed by atoms with Gasteiger partial charge in [-0.05, 0) is 48.9 Å². The Hall–Kier alpha value is -3.65. The molecule has 4 aromatic rings. The molecular formula is C28H30ClN5O3. The minimum Gasteiger partial charge on any atom is -0.350 e. The van der Waals surface area contributed by atoms with E-state index in [4.69, 9.17) is 16.1 Å². The Kier molecular flexibility index (Phi) is 6.77. The normalized spacial score (nSPS) is 14.2. The number of aryl methyl sites for hydroxylation is 1. The molecule has 0 radical (unpaired) electrons. The van der Waals surface area contributed by atoms with Crippen molar-refractivity contribution in [2.75, 3.05) is 0 Å². The maximum Gasteiger partial charge on any atom is 0.246 e. The van der Waals surface area contributed by atoms with Gasteiger partial charge in [-0.3, -0.25) is 9.59 Å². The van der Waals surface area contributed by atoms with Gasteiger partial charge in [0.2, 0.25) is 23.5 Å². The number of nitrogens with zero attached hydrogens (tertiary/aromatic N) is 3. The molecule has 1 aliphatic rings. The fourth-order valence-electron chi connectivity index (χ4n) is 4.46. The minimum atomic E-state index is -0.758. The Morgan fingerprint density at radius 1 is 1.14 bits per heavy atom. The summed E-state index contributed by atoms with van der Waals surface area (Å²) in [6.07, 6.45) is 2.60. The first-order chi connectivity index (χ1) is 17.8. The number of hydrogen-bond donors (Lipinski definition) is 2. The van der Waals surface area contributed by atoms with Gasteiger partial charge in [0, 0.05) is 31.0 Å². The summed E-state index contributed by atoms with van der Waals surface area (Å²) in [5.74, 6) is 1.13. The number of benzene rings is 2. The van der Waals surface area contributed by atoms with Gasteiger partial charge in [-0.1, -0.05) is 60.9 Å². The van der Waals surface area contributed by atoms with Crippen LogP contribution >= 0.6 is 11.6 Å². The van der Waals surface area contributed by atoms with Crippen molar-refractivity contribution < 1.29 is 14.1 Å². The number of rotatable bonds is 9. The van der Waals surface area contributed by atoms with Gasteiger partial charge in [0.1, 0.15) is 11.2 Å². The number of aromatic nitrogens is 3. The zero-order chi connectivity index (χ0) is 26.2. The number of para-hydroxylation sites is 1.